The zero-order valence-electron chi connectivity index (χ0n) is 17.2. The summed E-state index contributed by atoms with van der Waals surface area (Å²) in [5.74, 6) is 1.29. The fourth-order valence-electron chi connectivity index (χ4n) is 3.52. The van der Waals surface area contributed by atoms with Crippen molar-refractivity contribution < 1.29 is 14.1 Å². The number of amides is 1. The molecule has 156 valence electrons. The number of ether oxygens (including phenoxy) is 1. The van der Waals surface area contributed by atoms with E-state index in [4.69, 9.17) is 20.9 Å². The van der Waals surface area contributed by atoms with Gasteiger partial charge in [0, 0.05) is 36.0 Å². The number of halogens is 1. The molecule has 1 fully saturated rings. The average Bonchev–Trinajstić information content (AvgIpc) is 3.20. The Morgan fingerprint density at radius 1 is 1.27 bits per heavy atom. The highest BCUT2D eigenvalue weighted by Crippen LogP contribution is 2.33. The zero-order chi connectivity index (χ0) is 21.3. The number of carbonyl (C=O) groups is 1. The van der Waals surface area contributed by atoms with Crippen LogP contribution >= 0.6 is 11.6 Å². The second-order valence-corrected chi connectivity index (χ2v) is 7.96. The number of pyridine rings is 1. The number of carbonyl (C=O) groups excluding carboxylic acids is 1. The molecule has 3 heterocycles. The second kappa shape index (κ2) is 8.44. The number of hydrogen-bond donors (Lipinski definition) is 0. The molecule has 1 aliphatic heterocycles. The lowest BCUT2D eigenvalue weighted by molar-refractivity contribution is -0.119. The Kier molecular flexibility index (Phi) is 5.72. The number of benzene rings is 1. The van der Waals surface area contributed by atoms with E-state index < -0.39 is 0 Å². The van der Waals surface area contributed by atoms with E-state index in [0.29, 0.717) is 34.6 Å². The number of anilines is 1. The van der Waals surface area contributed by atoms with E-state index in [1.165, 1.54) is 0 Å². The van der Waals surface area contributed by atoms with Crippen LogP contribution in [0, 0.1) is 6.92 Å². The number of piperidine rings is 1. The van der Waals surface area contributed by atoms with Crippen molar-refractivity contribution >= 4 is 23.2 Å². The van der Waals surface area contributed by atoms with Crippen molar-refractivity contribution in [1.29, 1.82) is 0 Å². The van der Waals surface area contributed by atoms with Crippen LogP contribution in [-0.2, 0) is 4.79 Å². The van der Waals surface area contributed by atoms with Crippen LogP contribution in [0.1, 0.15) is 38.7 Å². The number of aromatic nitrogens is 3. The molecule has 3 aromatic rings. The van der Waals surface area contributed by atoms with Gasteiger partial charge in [0.15, 0.2) is 0 Å². The summed E-state index contributed by atoms with van der Waals surface area (Å²) in [6, 6.07) is 7.47. The van der Waals surface area contributed by atoms with Gasteiger partial charge in [-0.25, -0.2) is 4.98 Å². The number of rotatable bonds is 5. The second-order valence-electron chi connectivity index (χ2n) is 7.55. The van der Waals surface area contributed by atoms with Crippen molar-refractivity contribution in [3.05, 3.63) is 41.0 Å². The summed E-state index contributed by atoms with van der Waals surface area (Å²) < 4.78 is 11.1. The molecule has 0 aliphatic carbocycles. The first-order valence-electron chi connectivity index (χ1n) is 10.0. The molecule has 0 bridgehead atoms. The fraction of sp³-hybridized carbons (Fsp3) is 0.364. The van der Waals surface area contributed by atoms with Gasteiger partial charge in [0.25, 0.3) is 5.89 Å². The molecule has 0 unspecified atom stereocenters. The van der Waals surface area contributed by atoms with Crippen molar-refractivity contribution in [1.82, 2.24) is 15.1 Å². The van der Waals surface area contributed by atoms with Crippen LogP contribution in [-0.4, -0.2) is 33.7 Å². The molecule has 0 atom stereocenters. The van der Waals surface area contributed by atoms with Crippen LogP contribution in [0.2, 0.25) is 5.02 Å². The normalized spacial score (nSPS) is 14.4. The van der Waals surface area contributed by atoms with Gasteiger partial charge < -0.3 is 14.2 Å². The maximum absolute atomic E-state index is 12.4. The molecule has 8 heteroatoms. The largest absolute Gasteiger partial charge is 0.474 e. The van der Waals surface area contributed by atoms with E-state index in [1.54, 1.807) is 12.3 Å². The van der Waals surface area contributed by atoms with Gasteiger partial charge in [-0.05, 0) is 57.4 Å². The van der Waals surface area contributed by atoms with Crippen molar-refractivity contribution in [2.75, 3.05) is 11.4 Å². The van der Waals surface area contributed by atoms with Gasteiger partial charge in [0.1, 0.15) is 5.02 Å². The molecule has 4 rings (SSSR count). The van der Waals surface area contributed by atoms with Crippen molar-refractivity contribution in [2.24, 2.45) is 0 Å². The third-order valence-corrected chi connectivity index (χ3v) is 5.26. The van der Waals surface area contributed by atoms with Crippen LogP contribution in [0.5, 0.6) is 5.88 Å². The van der Waals surface area contributed by atoms with E-state index in [0.717, 1.165) is 36.2 Å². The average molecular weight is 427 g/mol. The molecular weight excluding hydrogens is 404 g/mol. The lowest BCUT2D eigenvalue weighted by Crippen LogP contribution is -2.35. The highest BCUT2D eigenvalue weighted by atomic mass is 35.5. The standard InChI is InChI=1S/C22H23ClN4O3/c1-13(2)29-22-17(23)11-15(12-24-22)20-25-21(30-26-20)16-7-6-8-18(14(16)3)27-10-5-4-9-19(27)28/h6-8,11-13H,4-5,9-10H2,1-3H3. The first-order chi connectivity index (χ1) is 14.4. The monoisotopic (exact) mass is 426 g/mol. The van der Waals surface area contributed by atoms with Crippen LogP contribution in [0.25, 0.3) is 22.8 Å². The SMILES string of the molecule is Cc1c(-c2nc(-c3cnc(OC(C)C)c(Cl)c3)no2)cccc1N1CCCCC1=O. The first kappa shape index (κ1) is 20.3. The Hall–Kier alpha value is -2.93. The Labute approximate surface area is 180 Å². The van der Waals surface area contributed by atoms with E-state index >= 15 is 0 Å². The fourth-order valence-corrected chi connectivity index (χ4v) is 3.73. The lowest BCUT2D eigenvalue weighted by atomic mass is 10.0. The summed E-state index contributed by atoms with van der Waals surface area (Å²) in [5.41, 5.74) is 3.24. The van der Waals surface area contributed by atoms with Gasteiger partial charge in [-0.3, -0.25) is 4.79 Å². The van der Waals surface area contributed by atoms with E-state index in [2.05, 4.69) is 15.1 Å². The molecule has 30 heavy (non-hydrogen) atoms. The molecular formula is C22H23ClN4O3. The summed E-state index contributed by atoms with van der Waals surface area (Å²) in [7, 11) is 0. The van der Waals surface area contributed by atoms with Gasteiger partial charge in [0.05, 0.1) is 6.10 Å². The summed E-state index contributed by atoms with van der Waals surface area (Å²) in [5, 5.41) is 4.47. The van der Waals surface area contributed by atoms with Crippen molar-refractivity contribution in [2.45, 2.75) is 46.1 Å². The van der Waals surface area contributed by atoms with Crippen LogP contribution < -0.4 is 9.64 Å². The van der Waals surface area contributed by atoms with E-state index in [-0.39, 0.29) is 12.0 Å². The zero-order valence-corrected chi connectivity index (χ0v) is 17.9. The Morgan fingerprint density at radius 3 is 2.83 bits per heavy atom. The van der Waals surface area contributed by atoms with Gasteiger partial charge in [-0.15, -0.1) is 0 Å². The van der Waals surface area contributed by atoms with Crippen LogP contribution in [0.3, 0.4) is 0 Å². The smallest absolute Gasteiger partial charge is 0.258 e. The summed E-state index contributed by atoms with van der Waals surface area (Å²) in [6.07, 6.45) is 4.11. The minimum Gasteiger partial charge on any atom is -0.474 e. The predicted molar refractivity (Wildman–Crippen MR) is 115 cm³/mol. The third kappa shape index (κ3) is 4.03. The Morgan fingerprint density at radius 2 is 2.10 bits per heavy atom. The van der Waals surface area contributed by atoms with Crippen molar-refractivity contribution in [3.63, 3.8) is 0 Å². The van der Waals surface area contributed by atoms with E-state index in [1.807, 2.05) is 43.9 Å². The topological polar surface area (TPSA) is 81.3 Å². The summed E-state index contributed by atoms with van der Waals surface area (Å²) in [6.45, 7) is 6.51. The molecule has 1 aliphatic rings. The minimum absolute atomic E-state index is 0.0281. The Balaban J connectivity index is 1.64. The number of hydrogen-bond acceptors (Lipinski definition) is 6. The highest BCUT2D eigenvalue weighted by Gasteiger charge is 2.23. The van der Waals surface area contributed by atoms with Gasteiger partial charge >= 0.3 is 0 Å². The van der Waals surface area contributed by atoms with Gasteiger partial charge in [-0.1, -0.05) is 22.8 Å². The van der Waals surface area contributed by atoms with Gasteiger partial charge in [0.2, 0.25) is 17.6 Å². The van der Waals surface area contributed by atoms with Gasteiger partial charge in [-0.2, -0.15) is 4.98 Å². The van der Waals surface area contributed by atoms with E-state index in [9.17, 15) is 4.79 Å². The predicted octanol–water partition coefficient (Wildman–Crippen LogP) is 5.06. The lowest BCUT2D eigenvalue weighted by Gasteiger charge is -2.28. The van der Waals surface area contributed by atoms with Crippen LogP contribution in [0.4, 0.5) is 5.69 Å². The van der Waals surface area contributed by atoms with Crippen LogP contribution in [0.15, 0.2) is 35.0 Å². The molecule has 2 aromatic heterocycles. The summed E-state index contributed by atoms with van der Waals surface area (Å²) in [4.78, 5) is 23.0. The van der Waals surface area contributed by atoms with Crippen molar-refractivity contribution in [3.8, 4) is 28.7 Å². The maximum atomic E-state index is 12.4. The molecule has 0 N–H and O–H groups in total. The number of nitrogens with zero attached hydrogens (tertiary/aromatic N) is 4. The molecule has 1 amide bonds. The molecule has 1 saturated heterocycles. The molecule has 0 spiro atoms. The highest BCUT2D eigenvalue weighted by molar-refractivity contribution is 6.32. The third-order valence-electron chi connectivity index (χ3n) is 4.99. The Bertz CT molecular complexity index is 1080. The maximum Gasteiger partial charge on any atom is 0.258 e. The quantitative estimate of drug-likeness (QED) is 0.566. The molecule has 0 saturated carbocycles. The minimum atomic E-state index is -0.0281. The molecule has 0 radical (unpaired) electrons. The molecule has 1 aromatic carbocycles. The first-order valence-corrected chi connectivity index (χ1v) is 10.4. The molecule has 7 nitrogen and oxygen atoms in total. The summed E-state index contributed by atoms with van der Waals surface area (Å²) >= 11 is 6.28.